The van der Waals surface area contributed by atoms with Gasteiger partial charge in [0, 0.05) is 0 Å². The fraction of sp³-hybridized carbons (Fsp3) is 0.235. The third-order valence-corrected chi connectivity index (χ3v) is 3.33. The fourth-order valence-corrected chi connectivity index (χ4v) is 2.13. The Morgan fingerprint density at radius 1 is 1.04 bits per heavy atom. The van der Waals surface area contributed by atoms with Gasteiger partial charge >= 0.3 is 6.03 Å². The van der Waals surface area contributed by atoms with Crippen LogP contribution >= 0.6 is 0 Å². The molecule has 0 fully saturated rings. The van der Waals surface area contributed by atoms with Crippen molar-refractivity contribution in [1.29, 1.82) is 0 Å². The van der Waals surface area contributed by atoms with Gasteiger partial charge in [-0.15, -0.1) is 0 Å². The Labute approximate surface area is 137 Å². The smallest absolute Gasteiger partial charge is 0.319 e. The minimum Gasteiger partial charge on any atom is -0.491 e. The first-order valence-corrected chi connectivity index (χ1v) is 7.27. The van der Waals surface area contributed by atoms with Gasteiger partial charge in [-0.25, -0.2) is 18.0 Å². The van der Waals surface area contributed by atoms with Gasteiger partial charge in [0.2, 0.25) is 0 Å². The van der Waals surface area contributed by atoms with E-state index in [1.807, 2.05) is 32.0 Å². The maximum atomic E-state index is 13.4. The number of hydrogen-bond donors (Lipinski definition) is 2. The monoisotopic (exact) mass is 338 g/mol. The van der Waals surface area contributed by atoms with Crippen molar-refractivity contribution in [3.8, 4) is 5.75 Å². The van der Waals surface area contributed by atoms with Crippen molar-refractivity contribution in [1.82, 2.24) is 5.32 Å². The minimum atomic E-state index is -1.63. The quantitative estimate of drug-likeness (QED) is 0.641. The molecule has 0 spiro atoms. The molecular weight excluding hydrogens is 321 g/mol. The second-order valence-corrected chi connectivity index (χ2v) is 5.17. The standard InChI is InChI=1S/C17H17F3N2O2/c1-10-4-3-5-11(2)16(10)24-9-8-21-17(23)22-13-7-6-12(18)14(19)15(13)20/h3-7H,8-9H2,1-2H3,(H2,21,22,23). The van der Waals surface area contributed by atoms with Gasteiger partial charge in [-0.3, -0.25) is 0 Å². The second-order valence-electron chi connectivity index (χ2n) is 5.17. The van der Waals surface area contributed by atoms with Crippen LogP contribution in [0.2, 0.25) is 0 Å². The van der Waals surface area contributed by atoms with E-state index >= 15 is 0 Å². The molecule has 2 aromatic carbocycles. The van der Waals surface area contributed by atoms with Gasteiger partial charge in [0.25, 0.3) is 0 Å². The summed E-state index contributed by atoms with van der Waals surface area (Å²) < 4.78 is 44.9. The SMILES string of the molecule is Cc1cccc(C)c1OCCNC(=O)Nc1ccc(F)c(F)c1F. The first-order chi connectivity index (χ1) is 11.4. The molecule has 0 bridgehead atoms. The number of carbonyl (C=O) groups excluding carboxylic acids is 1. The summed E-state index contributed by atoms with van der Waals surface area (Å²) in [6.45, 7) is 4.19. The van der Waals surface area contributed by atoms with E-state index < -0.39 is 29.2 Å². The van der Waals surface area contributed by atoms with Crippen LogP contribution in [-0.2, 0) is 0 Å². The van der Waals surface area contributed by atoms with Crippen molar-refractivity contribution < 1.29 is 22.7 Å². The van der Waals surface area contributed by atoms with E-state index in [-0.39, 0.29) is 13.2 Å². The lowest BCUT2D eigenvalue weighted by Crippen LogP contribution is -2.32. The zero-order chi connectivity index (χ0) is 17.7. The summed E-state index contributed by atoms with van der Waals surface area (Å²) in [7, 11) is 0. The average molecular weight is 338 g/mol. The minimum absolute atomic E-state index is 0.158. The Balaban J connectivity index is 1.83. The number of nitrogens with one attached hydrogen (secondary N) is 2. The summed E-state index contributed by atoms with van der Waals surface area (Å²) in [5.41, 5.74) is 1.51. The van der Waals surface area contributed by atoms with Gasteiger partial charge < -0.3 is 15.4 Å². The van der Waals surface area contributed by atoms with E-state index in [4.69, 9.17) is 4.74 Å². The maximum absolute atomic E-state index is 13.4. The van der Waals surface area contributed by atoms with Crippen molar-refractivity contribution in [2.45, 2.75) is 13.8 Å². The van der Waals surface area contributed by atoms with Gasteiger partial charge in [0.15, 0.2) is 17.5 Å². The summed E-state index contributed by atoms with van der Waals surface area (Å²) in [6, 6.07) is 6.67. The fourth-order valence-electron chi connectivity index (χ4n) is 2.13. The van der Waals surface area contributed by atoms with E-state index in [9.17, 15) is 18.0 Å². The molecule has 0 saturated carbocycles. The maximum Gasteiger partial charge on any atom is 0.319 e. The van der Waals surface area contributed by atoms with E-state index in [0.29, 0.717) is 0 Å². The van der Waals surface area contributed by atoms with E-state index in [1.54, 1.807) is 0 Å². The Morgan fingerprint density at radius 3 is 2.38 bits per heavy atom. The molecule has 4 nitrogen and oxygen atoms in total. The van der Waals surface area contributed by atoms with Crippen LogP contribution in [0.5, 0.6) is 5.75 Å². The molecule has 0 radical (unpaired) electrons. The molecule has 0 saturated heterocycles. The average Bonchev–Trinajstić information content (AvgIpc) is 2.54. The summed E-state index contributed by atoms with van der Waals surface area (Å²) >= 11 is 0. The number of aryl methyl sites for hydroxylation is 2. The molecular formula is C17H17F3N2O2. The Hall–Kier alpha value is -2.70. The van der Waals surface area contributed by atoms with E-state index in [0.717, 1.165) is 29.0 Å². The lowest BCUT2D eigenvalue weighted by molar-refractivity contribution is 0.247. The number of ether oxygens (including phenoxy) is 1. The lowest BCUT2D eigenvalue weighted by atomic mass is 10.1. The normalized spacial score (nSPS) is 10.4. The predicted octanol–water partition coefficient (Wildman–Crippen LogP) is 3.92. The van der Waals surface area contributed by atoms with Crippen LogP contribution in [0, 0.1) is 31.3 Å². The highest BCUT2D eigenvalue weighted by Gasteiger charge is 2.15. The number of hydrogen-bond acceptors (Lipinski definition) is 2. The first-order valence-electron chi connectivity index (χ1n) is 7.27. The van der Waals surface area contributed by atoms with Crippen LogP contribution in [0.15, 0.2) is 30.3 Å². The largest absolute Gasteiger partial charge is 0.491 e. The van der Waals surface area contributed by atoms with Gasteiger partial charge in [-0.1, -0.05) is 18.2 Å². The molecule has 2 rings (SSSR count). The van der Waals surface area contributed by atoms with Gasteiger partial charge in [-0.05, 0) is 37.1 Å². The highest BCUT2D eigenvalue weighted by molar-refractivity contribution is 5.89. The van der Waals surface area contributed by atoms with Crippen LogP contribution < -0.4 is 15.4 Å². The molecule has 2 amide bonds. The number of para-hydroxylation sites is 1. The molecule has 128 valence electrons. The first kappa shape index (κ1) is 17.7. The van der Waals surface area contributed by atoms with Gasteiger partial charge in [0.05, 0.1) is 12.2 Å². The van der Waals surface area contributed by atoms with Crippen molar-refractivity contribution >= 4 is 11.7 Å². The van der Waals surface area contributed by atoms with Crippen LogP contribution in [0.1, 0.15) is 11.1 Å². The third kappa shape index (κ3) is 4.18. The lowest BCUT2D eigenvalue weighted by Gasteiger charge is -2.13. The third-order valence-electron chi connectivity index (χ3n) is 3.33. The Kier molecular flexibility index (Phi) is 5.68. The number of carbonyl (C=O) groups is 1. The summed E-state index contributed by atoms with van der Waals surface area (Å²) in [5.74, 6) is -3.66. The van der Waals surface area contributed by atoms with E-state index in [1.165, 1.54) is 0 Å². The summed E-state index contributed by atoms with van der Waals surface area (Å²) in [5, 5.41) is 4.56. The molecule has 2 N–H and O–H groups in total. The number of rotatable bonds is 5. The molecule has 2 aromatic rings. The molecule has 24 heavy (non-hydrogen) atoms. The molecule has 0 aliphatic heterocycles. The Morgan fingerprint density at radius 2 is 1.71 bits per heavy atom. The molecule has 0 atom stereocenters. The summed E-state index contributed by atoms with van der Waals surface area (Å²) in [6.07, 6.45) is 0. The zero-order valence-electron chi connectivity index (χ0n) is 13.3. The Bertz CT molecular complexity index is 731. The highest BCUT2D eigenvalue weighted by Crippen LogP contribution is 2.22. The van der Waals surface area contributed by atoms with Gasteiger partial charge in [0.1, 0.15) is 12.4 Å². The van der Waals surface area contributed by atoms with Crippen LogP contribution in [0.4, 0.5) is 23.7 Å². The topological polar surface area (TPSA) is 50.4 Å². The molecule has 0 unspecified atom stereocenters. The summed E-state index contributed by atoms with van der Waals surface area (Å²) in [4.78, 5) is 11.6. The van der Waals surface area contributed by atoms with E-state index in [2.05, 4.69) is 10.6 Å². The number of halogens is 3. The second kappa shape index (κ2) is 7.72. The molecule has 0 aromatic heterocycles. The molecule has 0 aliphatic rings. The van der Waals surface area contributed by atoms with Gasteiger partial charge in [-0.2, -0.15) is 0 Å². The number of benzene rings is 2. The number of urea groups is 1. The van der Waals surface area contributed by atoms with Crippen LogP contribution in [-0.4, -0.2) is 19.2 Å². The van der Waals surface area contributed by atoms with Crippen molar-refractivity contribution in [2.75, 3.05) is 18.5 Å². The zero-order valence-corrected chi connectivity index (χ0v) is 13.3. The highest BCUT2D eigenvalue weighted by atomic mass is 19.2. The van der Waals surface area contributed by atoms with Crippen molar-refractivity contribution in [2.24, 2.45) is 0 Å². The van der Waals surface area contributed by atoms with Crippen molar-refractivity contribution in [3.63, 3.8) is 0 Å². The number of amides is 2. The van der Waals surface area contributed by atoms with Crippen LogP contribution in [0.3, 0.4) is 0 Å². The molecule has 0 heterocycles. The van der Waals surface area contributed by atoms with Crippen molar-refractivity contribution in [3.05, 3.63) is 58.9 Å². The molecule has 0 aliphatic carbocycles. The molecule has 7 heteroatoms. The number of anilines is 1. The predicted molar refractivity (Wildman–Crippen MR) is 84.7 cm³/mol. The van der Waals surface area contributed by atoms with Crippen LogP contribution in [0.25, 0.3) is 0 Å².